The molecule has 0 radical (unpaired) electrons. The molecular weight excluding hydrogens is 382 g/mol. The number of aromatic nitrogens is 1. The van der Waals surface area contributed by atoms with Crippen LogP contribution < -0.4 is 10.2 Å². The van der Waals surface area contributed by atoms with Crippen LogP contribution in [0.15, 0.2) is 15.5 Å². The predicted octanol–water partition coefficient (Wildman–Crippen LogP) is 2.13. The first-order valence-corrected chi connectivity index (χ1v) is 8.80. The van der Waals surface area contributed by atoms with Gasteiger partial charge in [-0.3, -0.25) is 4.79 Å². The number of hydrogen-bond acceptors (Lipinski definition) is 6. The number of pyridine rings is 1. The van der Waals surface area contributed by atoms with Crippen molar-refractivity contribution in [2.75, 3.05) is 20.8 Å². The van der Waals surface area contributed by atoms with E-state index in [-0.39, 0.29) is 29.4 Å². The van der Waals surface area contributed by atoms with Crippen LogP contribution in [-0.4, -0.2) is 43.2 Å². The Morgan fingerprint density at radius 2 is 2.25 bits per heavy atom. The van der Waals surface area contributed by atoms with Crippen LogP contribution in [0.4, 0.5) is 0 Å². The van der Waals surface area contributed by atoms with Crippen molar-refractivity contribution in [1.82, 2.24) is 4.57 Å². The molecule has 8 heteroatoms. The molecule has 5 atom stereocenters. The first kappa shape index (κ1) is 16.5. The molecule has 2 fully saturated rings. The monoisotopic (exact) mass is 401 g/mol. The third-order valence-corrected chi connectivity index (χ3v) is 5.78. The van der Waals surface area contributed by atoms with Crippen molar-refractivity contribution >= 4 is 15.9 Å². The molecule has 0 aliphatic carbocycles. The van der Waals surface area contributed by atoms with Gasteiger partial charge >= 0.3 is 0 Å². The third kappa shape index (κ3) is 2.07. The van der Waals surface area contributed by atoms with E-state index in [1.54, 1.807) is 13.3 Å². The summed E-state index contributed by atoms with van der Waals surface area (Å²) in [6.45, 7) is 2.56. The molecule has 1 aromatic rings. The summed E-state index contributed by atoms with van der Waals surface area (Å²) in [4.78, 5) is 23.6. The SMILES string of the molecule is COCCC12OOC1c1c(OC)c(=O)c(Br)cn1C1CC(C)OC12. The Bertz CT molecular complexity index is 721. The second-order valence-electron chi connectivity index (χ2n) is 6.56. The van der Waals surface area contributed by atoms with Crippen LogP contribution in [0.3, 0.4) is 0 Å². The summed E-state index contributed by atoms with van der Waals surface area (Å²) in [5.74, 6) is 0.289. The summed E-state index contributed by atoms with van der Waals surface area (Å²) in [6.07, 6.45) is 2.78. The first-order valence-electron chi connectivity index (χ1n) is 8.01. The molecule has 0 amide bonds. The van der Waals surface area contributed by atoms with Crippen molar-refractivity contribution in [3.05, 3.63) is 26.6 Å². The molecule has 5 unspecified atom stereocenters. The minimum absolute atomic E-state index is 0.0535. The predicted molar refractivity (Wildman–Crippen MR) is 87.1 cm³/mol. The molecule has 0 bridgehead atoms. The molecule has 0 saturated carbocycles. The maximum atomic E-state index is 12.5. The van der Waals surface area contributed by atoms with Crippen molar-refractivity contribution in [3.8, 4) is 5.75 Å². The fraction of sp³-hybridized carbons (Fsp3) is 0.688. The Labute approximate surface area is 147 Å². The lowest BCUT2D eigenvalue weighted by Gasteiger charge is -2.55. The number of nitrogens with zero attached hydrogens (tertiary/aromatic N) is 1. The molecule has 7 nitrogen and oxygen atoms in total. The lowest BCUT2D eigenvalue weighted by atomic mass is 9.76. The molecule has 4 rings (SSSR count). The van der Waals surface area contributed by atoms with Gasteiger partial charge < -0.3 is 18.8 Å². The first-order chi connectivity index (χ1) is 11.5. The molecule has 4 heterocycles. The summed E-state index contributed by atoms with van der Waals surface area (Å²) in [6, 6.07) is 0.0535. The van der Waals surface area contributed by atoms with Gasteiger partial charge in [0.05, 0.1) is 23.7 Å². The summed E-state index contributed by atoms with van der Waals surface area (Å²) in [5.41, 5.74) is -0.128. The van der Waals surface area contributed by atoms with Crippen molar-refractivity contribution in [3.63, 3.8) is 0 Å². The largest absolute Gasteiger partial charge is 0.491 e. The Balaban J connectivity index is 1.91. The molecule has 2 saturated heterocycles. The van der Waals surface area contributed by atoms with Gasteiger partial charge in [0.25, 0.3) is 0 Å². The summed E-state index contributed by atoms with van der Waals surface area (Å²) in [7, 11) is 3.15. The topological polar surface area (TPSA) is 68.2 Å². The zero-order valence-electron chi connectivity index (χ0n) is 13.8. The molecule has 3 aliphatic heterocycles. The molecule has 0 aromatic carbocycles. The van der Waals surface area contributed by atoms with Crippen LogP contribution in [0.5, 0.6) is 5.75 Å². The zero-order chi connectivity index (χ0) is 17.1. The molecule has 24 heavy (non-hydrogen) atoms. The average Bonchev–Trinajstić information content (AvgIpc) is 2.92. The third-order valence-electron chi connectivity index (χ3n) is 5.22. The Hall–Kier alpha value is -0.930. The second kappa shape index (κ2) is 5.81. The van der Waals surface area contributed by atoms with E-state index in [0.717, 1.165) is 6.42 Å². The summed E-state index contributed by atoms with van der Waals surface area (Å²) in [5, 5.41) is 0. The fourth-order valence-corrected chi connectivity index (χ4v) is 4.55. The molecular formula is C16H20BrNO6. The highest BCUT2D eigenvalue weighted by atomic mass is 79.9. The number of ether oxygens (including phenoxy) is 3. The van der Waals surface area contributed by atoms with Crippen molar-refractivity contribution < 1.29 is 24.0 Å². The van der Waals surface area contributed by atoms with Gasteiger partial charge in [-0.25, -0.2) is 9.78 Å². The van der Waals surface area contributed by atoms with Crippen molar-refractivity contribution in [1.29, 1.82) is 0 Å². The molecule has 0 N–H and O–H groups in total. The molecule has 0 spiro atoms. The van der Waals surface area contributed by atoms with Crippen molar-refractivity contribution in [2.24, 2.45) is 0 Å². The maximum absolute atomic E-state index is 12.5. The van der Waals surface area contributed by atoms with E-state index in [0.29, 0.717) is 23.2 Å². The van der Waals surface area contributed by atoms with E-state index in [4.69, 9.17) is 24.0 Å². The minimum atomic E-state index is -0.654. The number of rotatable bonds is 4. The van der Waals surface area contributed by atoms with Crippen molar-refractivity contribution in [2.45, 2.75) is 49.7 Å². The Morgan fingerprint density at radius 3 is 2.88 bits per heavy atom. The lowest BCUT2D eigenvalue weighted by Crippen LogP contribution is -2.64. The smallest absolute Gasteiger partial charge is 0.237 e. The van der Waals surface area contributed by atoms with Gasteiger partial charge in [0.1, 0.15) is 11.8 Å². The van der Waals surface area contributed by atoms with Crippen LogP contribution in [0, 0.1) is 0 Å². The van der Waals surface area contributed by atoms with E-state index < -0.39 is 11.7 Å². The average molecular weight is 402 g/mol. The summed E-state index contributed by atoms with van der Waals surface area (Å²) >= 11 is 3.34. The fourth-order valence-electron chi connectivity index (χ4n) is 4.15. The van der Waals surface area contributed by atoms with E-state index >= 15 is 0 Å². The van der Waals surface area contributed by atoms with Gasteiger partial charge in [-0.05, 0) is 29.3 Å². The van der Waals surface area contributed by atoms with Crippen LogP contribution in [-0.2, 0) is 19.2 Å². The maximum Gasteiger partial charge on any atom is 0.237 e. The lowest BCUT2D eigenvalue weighted by molar-refractivity contribution is -0.539. The van der Waals surface area contributed by atoms with E-state index in [2.05, 4.69) is 20.5 Å². The minimum Gasteiger partial charge on any atom is -0.491 e. The van der Waals surface area contributed by atoms with Gasteiger partial charge in [0, 0.05) is 26.3 Å². The van der Waals surface area contributed by atoms with E-state index in [9.17, 15) is 4.79 Å². The molecule has 3 aliphatic rings. The van der Waals surface area contributed by atoms with Crippen LogP contribution in [0.25, 0.3) is 0 Å². The standard InChI is InChI=1S/C16H20BrNO6/c1-8-6-10-14(22-8)16(4-5-20-2)15(23-24-16)11-13(21-3)12(19)9(17)7-18(10)11/h7-8,10,14-15H,4-6H2,1-3H3. The number of methoxy groups -OCH3 is 2. The zero-order valence-corrected chi connectivity index (χ0v) is 15.4. The molecule has 1 aromatic heterocycles. The highest BCUT2D eigenvalue weighted by Crippen LogP contribution is 2.58. The van der Waals surface area contributed by atoms with Gasteiger partial charge in [0.15, 0.2) is 17.5 Å². The van der Waals surface area contributed by atoms with E-state index in [1.165, 1.54) is 7.11 Å². The Morgan fingerprint density at radius 1 is 1.46 bits per heavy atom. The number of halogens is 1. The Kier molecular flexibility index (Phi) is 4.00. The highest BCUT2D eigenvalue weighted by Gasteiger charge is 2.67. The quantitative estimate of drug-likeness (QED) is 0.719. The normalized spacial score (nSPS) is 36.5. The van der Waals surface area contributed by atoms with Crippen LogP contribution >= 0.6 is 15.9 Å². The van der Waals surface area contributed by atoms with Crippen LogP contribution in [0.1, 0.15) is 37.6 Å². The summed E-state index contributed by atoms with van der Waals surface area (Å²) < 4.78 is 19.4. The van der Waals surface area contributed by atoms with Gasteiger partial charge in [-0.15, -0.1) is 0 Å². The van der Waals surface area contributed by atoms with Gasteiger partial charge in [0.2, 0.25) is 5.43 Å². The highest BCUT2D eigenvalue weighted by molar-refractivity contribution is 9.10. The molecule has 132 valence electrons. The van der Waals surface area contributed by atoms with Gasteiger partial charge in [-0.2, -0.15) is 0 Å². The van der Waals surface area contributed by atoms with Crippen LogP contribution in [0.2, 0.25) is 0 Å². The second-order valence-corrected chi connectivity index (χ2v) is 7.41. The van der Waals surface area contributed by atoms with E-state index in [1.807, 2.05) is 6.92 Å². The number of hydrogen-bond donors (Lipinski definition) is 0. The van der Waals surface area contributed by atoms with Gasteiger partial charge in [-0.1, -0.05) is 0 Å². The number of fused-ring (bicyclic) bond motifs is 6.